The number of carbonyl (C=O) groups is 1. The molecule has 0 atom stereocenters. The van der Waals surface area contributed by atoms with Crippen LogP contribution in [0.15, 0.2) is 83.2 Å². The van der Waals surface area contributed by atoms with Crippen LogP contribution in [-0.4, -0.2) is 103 Å². The molecule has 1 aliphatic heterocycles. The molecule has 0 spiro atoms. The molecule has 1 aliphatic rings. The SMILES string of the molecule is CC(C)(C)C1=Nn2c[n+](-c3ccc(Nc4nc(O)nc(Nc5cccc(C(=O)O)c5)n4)cc3)nc2C1=Nc1ccc(N(CCCCS(=O)(=O)O)CCCCS(=O)(=O)O)cc1Cl. The summed E-state index contributed by atoms with van der Waals surface area (Å²) in [5.74, 6) is -1.40. The van der Waals surface area contributed by atoms with Crippen LogP contribution in [0.5, 0.6) is 6.01 Å². The minimum atomic E-state index is -4.12. The molecule has 0 unspecified atom stereocenters. The van der Waals surface area contributed by atoms with Crippen LogP contribution in [0.25, 0.3) is 5.69 Å². The Bertz CT molecular complexity index is 2680. The van der Waals surface area contributed by atoms with Gasteiger partial charge in [-0.25, -0.2) is 9.79 Å². The molecule has 3 heterocycles. The standard InChI is InChI=1S/C38H42ClN11O9S2/c1-38(2,3)32-31(42-30-16-15-28(22-29(30)39)48(17-4-6-19-60(54,55)56)18-5-7-20-61(57,58)59)33-47-49(23-50(33)46-32)27-13-11-25(12-14-27)40-35-43-36(45-37(53)44-35)41-26-10-8-9-24(21-26)34(51)52/h8-16,21-23H,4-7,17-20H2,1-3H3,(H5-,40,41,43,44,45,51,52,53,54,55,56,57,58,59)/p+1. The number of hydrogen-bond acceptors (Lipinski definition) is 15. The number of fused-ring (bicyclic) bond motifs is 1. The van der Waals surface area contributed by atoms with Crippen LogP contribution in [0.4, 0.5) is 34.6 Å². The highest BCUT2D eigenvalue weighted by Gasteiger charge is 2.39. The second kappa shape index (κ2) is 18.3. The zero-order chi connectivity index (χ0) is 44.1. The minimum Gasteiger partial charge on any atom is -0.479 e. The van der Waals surface area contributed by atoms with Gasteiger partial charge in [0, 0.05) is 35.6 Å². The molecule has 0 amide bonds. The van der Waals surface area contributed by atoms with Gasteiger partial charge in [-0.3, -0.25) is 9.11 Å². The summed E-state index contributed by atoms with van der Waals surface area (Å²) in [6.45, 7) is 6.80. The highest BCUT2D eigenvalue weighted by atomic mass is 35.5. The van der Waals surface area contributed by atoms with Crippen LogP contribution in [0, 0.1) is 5.41 Å². The summed E-state index contributed by atoms with van der Waals surface area (Å²) in [4.78, 5) is 30.3. The first-order chi connectivity index (χ1) is 28.7. The van der Waals surface area contributed by atoms with Gasteiger partial charge in [0.15, 0.2) is 11.4 Å². The molecule has 0 fully saturated rings. The largest absolute Gasteiger partial charge is 0.479 e. The molecule has 322 valence electrons. The Balaban J connectivity index is 1.20. The van der Waals surface area contributed by atoms with E-state index in [0.717, 1.165) is 0 Å². The monoisotopic (exact) mass is 896 g/mol. The van der Waals surface area contributed by atoms with E-state index < -0.39 is 37.6 Å². The second-order valence-electron chi connectivity index (χ2n) is 15.0. The van der Waals surface area contributed by atoms with E-state index in [1.165, 1.54) is 12.1 Å². The molecule has 0 radical (unpaired) electrons. The van der Waals surface area contributed by atoms with Gasteiger partial charge in [-0.2, -0.15) is 31.8 Å². The van der Waals surface area contributed by atoms with Gasteiger partial charge >= 0.3 is 17.8 Å². The molecule has 2 aromatic heterocycles. The van der Waals surface area contributed by atoms with E-state index in [1.807, 2.05) is 25.7 Å². The molecule has 61 heavy (non-hydrogen) atoms. The molecule has 20 nitrogen and oxygen atoms in total. The molecule has 0 bridgehead atoms. The molecule has 5 aromatic rings. The molecule has 0 aliphatic carbocycles. The van der Waals surface area contributed by atoms with Gasteiger partial charge in [-0.05, 0) is 91.4 Å². The molecule has 3 aromatic carbocycles. The van der Waals surface area contributed by atoms with E-state index in [-0.39, 0.29) is 41.8 Å². The maximum atomic E-state index is 11.4. The first-order valence-corrected chi connectivity index (χ1v) is 22.4. The summed E-state index contributed by atoms with van der Waals surface area (Å²) in [6, 6.07) is 17.8. The van der Waals surface area contributed by atoms with Gasteiger partial charge in [0.1, 0.15) is 5.71 Å². The Labute approximate surface area is 356 Å². The predicted molar refractivity (Wildman–Crippen MR) is 229 cm³/mol. The van der Waals surface area contributed by atoms with Crippen molar-refractivity contribution >= 4 is 83.9 Å². The van der Waals surface area contributed by atoms with E-state index in [4.69, 9.17) is 35.9 Å². The average molecular weight is 897 g/mol. The lowest BCUT2D eigenvalue weighted by Crippen LogP contribution is -2.34. The van der Waals surface area contributed by atoms with Crippen molar-refractivity contribution in [2.75, 3.05) is 40.1 Å². The summed E-state index contributed by atoms with van der Waals surface area (Å²) < 4.78 is 66.5. The number of benzene rings is 3. The van der Waals surface area contributed by atoms with E-state index in [0.29, 0.717) is 76.6 Å². The molecule has 6 rings (SSSR count). The smallest absolute Gasteiger partial charge is 0.335 e. The number of rotatable bonds is 18. The van der Waals surface area contributed by atoms with Crippen molar-refractivity contribution in [2.45, 2.75) is 46.5 Å². The summed E-state index contributed by atoms with van der Waals surface area (Å²) >= 11 is 6.84. The number of unbranched alkanes of at least 4 members (excludes halogenated alkanes) is 2. The van der Waals surface area contributed by atoms with E-state index in [9.17, 15) is 31.8 Å². The Morgan fingerprint density at radius 3 is 2.05 bits per heavy atom. The number of hydrogen-bond donors (Lipinski definition) is 6. The summed E-state index contributed by atoms with van der Waals surface area (Å²) in [7, 11) is -8.24. The normalized spacial score (nSPS) is 13.5. The van der Waals surface area contributed by atoms with Crippen LogP contribution in [0.1, 0.15) is 62.6 Å². The van der Waals surface area contributed by atoms with Crippen LogP contribution >= 0.6 is 11.6 Å². The topological polar surface area (TPSA) is 279 Å². The van der Waals surface area contributed by atoms with Gasteiger partial charge < -0.3 is 25.7 Å². The van der Waals surface area contributed by atoms with Crippen molar-refractivity contribution in [1.82, 2.24) is 24.7 Å². The molecule has 0 saturated carbocycles. The Hall–Kier alpha value is -6.07. The fourth-order valence-electron chi connectivity index (χ4n) is 6.16. The summed E-state index contributed by atoms with van der Waals surface area (Å²) in [5, 5.41) is 35.3. The van der Waals surface area contributed by atoms with Crippen molar-refractivity contribution in [3.8, 4) is 11.7 Å². The fourth-order valence-corrected chi connectivity index (χ4v) is 7.52. The second-order valence-corrected chi connectivity index (χ2v) is 18.5. The number of aromatic nitrogens is 6. The van der Waals surface area contributed by atoms with Crippen molar-refractivity contribution in [3.63, 3.8) is 0 Å². The maximum Gasteiger partial charge on any atom is 0.335 e. The summed E-state index contributed by atoms with van der Waals surface area (Å²) in [5.41, 5.74) is 3.57. The van der Waals surface area contributed by atoms with E-state index in [2.05, 4.69) is 25.6 Å². The first-order valence-electron chi connectivity index (χ1n) is 18.8. The van der Waals surface area contributed by atoms with Gasteiger partial charge in [0.25, 0.3) is 26.6 Å². The number of carboxylic acids is 1. The minimum absolute atomic E-state index is 0.0120. The van der Waals surface area contributed by atoms with Crippen LogP contribution in [0.3, 0.4) is 0 Å². The van der Waals surface area contributed by atoms with Crippen molar-refractivity contribution in [3.05, 3.63) is 89.5 Å². The summed E-state index contributed by atoms with van der Waals surface area (Å²) in [6.07, 6.45) is 2.97. The van der Waals surface area contributed by atoms with Crippen LogP contribution in [0.2, 0.25) is 5.02 Å². The molecular weight excluding hydrogens is 854 g/mol. The lowest BCUT2D eigenvalue weighted by atomic mass is 9.87. The number of aromatic hydroxyl groups is 1. The van der Waals surface area contributed by atoms with Gasteiger partial charge in [-0.15, -0.1) is 0 Å². The molecule has 0 saturated heterocycles. The molecule has 23 heteroatoms. The maximum absolute atomic E-state index is 11.4. The zero-order valence-electron chi connectivity index (χ0n) is 33.1. The Morgan fingerprint density at radius 1 is 0.852 bits per heavy atom. The first kappa shape index (κ1) is 44.5. The van der Waals surface area contributed by atoms with Crippen LogP contribution < -0.4 is 20.2 Å². The third-order valence-corrected chi connectivity index (χ3v) is 11.0. The van der Waals surface area contributed by atoms with Crippen molar-refractivity contribution in [2.24, 2.45) is 15.5 Å². The highest BCUT2D eigenvalue weighted by molar-refractivity contribution is 7.86. The highest BCUT2D eigenvalue weighted by Crippen LogP contribution is 2.33. The number of anilines is 5. The van der Waals surface area contributed by atoms with Crippen LogP contribution in [-0.2, 0) is 20.2 Å². The van der Waals surface area contributed by atoms with E-state index in [1.54, 1.807) is 70.3 Å². The number of carboxylic acid groups (broad SMARTS) is 1. The van der Waals surface area contributed by atoms with Gasteiger partial charge in [0.2, 0.25) is 11.9 Å². The predicted octanol–water partition coefficient (Wildman–Crippen LogP) is 5.42. The fraction of sp³-hybridized carbons (Fsp3) is 0.316. The number of aliphatic imine (C=N–C) groups is 1. The van der Waals surface area contributed by atoms with Gasteiger partial charge in [-0.1, -0.05) is 52.9 Å². The molecule has 6 N–H and O–H groups in total. The van der Waals surface area contributed by atoms with Crippen molar-refractivity contribution in [1.29, 1.82) is 0 Å². The van der Waals surface area contributed by atoms with Crippen molar-refractivity contribution < 1.29 is 45.6 Å². The van der Waals surface area contributed by atoms with Gasteiger partial charge in [0.05, 0.1) is 27.8 Å². The average Bonchev–Trinajstić information content (AvgIpc) is 3.74. The third-order valence-electron chi connectivity index (χ3n) is 9.06. The third kappa shape index (κ3) is 12.3. The lowest BCUT2D eigenvalue weighted by molar-refractivity contribution is -0.657. The number of halogens is 1. The molecular formula is C38H43ClN11O9S2+. The number of nitrogens with one attached hydrogen (secondary N) is 2. The number of aromatic carboxylic acids is 1. The Kier molecular flexibility index (Phi) is 13.3. The number of nitrogens with zero attached hydrogens (tertiary/aromatic N) is 9. The Morgan fingerprint density at radius 2 is 1.48 bits per heavy atom. The zero-order valence-corrected chi connectivity index (χ0v) is 35.5. The van der Waals surface area contributed by atoms with E-state index >= 15 is 0 Å². The lowest BCUT2D eigenvalue weighted by Gasteiger charge is -2.25. The quantitative estimate of drug-likeness (QED) is 0.0364.